The van der Waals surface area contributed by atoms with Crippen LogP contribution < -0.4 is 0 Å². The monoisotopic (exact) mass is 236 g/mol. The van der Waals surface area contributed by atoms with Crippen LogP contribution in [0.4, 0.5) is 0 Å². The minimum atomic E-state index is -4.15. The first kappa shape index (κ1) is 23.1. The van der Waals surface area contributed by atoms with Crippen LogP contribution in [0.3, 0.4) is 0 Å². The van der Waals surface area contributed by atoms with Gasteiger partial charge in [-0.1, -0.05) is 0 Å². The van der Waals surface area contributed by atoms with Crippen LogP contribution in [0.25, 0.3) is 0 Å². The van der Waals surface area contributed by atoms with E-state index in [-0.39, 0.29) is 113 Å². The van der Waals surface area contributed by atoms with Crippen molar-refractivity contribution in [1.29, 1.82) is 0 Å². The van der Waals surface area contributed by atoms with Gasteiger partial charge in [-0.05, 0) is 0 Å². The van der Waals surface area contributed by atoms with Gasteiger partial charge >= 0.3 is 121 Å². The molecule has 0 amide bonds. The standard InChI is InChI=1S/BH4O4P.3Ca.6H/c1-5-6(2,3)4;;;;;;;;;/h1H2,(H2,2,3,4);;;;;;;;;. The van der Waals surface area contributed by atoms with Gasteiger partial charge < -0.3 is 14.2 Å². The second-order valence-corrected chi connectivity index (χ2v) is 2.02. The molecule has 0 radical (unpaired) electrons. The fourth-order valence-electron chi connectivity index (χ4n) is 0. The molecule has 48 valence electrons. The van der Waals surface area contributed by atoms with Gasteiger partial charge in [0, 0.05) is 0 Å². The molecule has 0 aliphatic rings. The van der Waals surface area contributed by atoms with Crippen molar-refractivity contribution in [3.63, 3.8) is 0 Å². The van der Waals surface area contributed by atoms with E-state index in [1.54, 1.807) is 0 Å². The third-order valence-electron chi connectivity index (χ3n) is 0.238. The molecular weight excluding hydrogens is 226 g/mol. The zero-order chi connectivity index (χ0) is 5.21. The van der Waals surface area contributed by atoms with Crippen molar-refractivity contribution >= 4 is 129 Å². The topological polar surface area (TPSA) is 66.8 Å². The van der Waals surface area contributed by atoms with E-state index in [2.05, 4.69) is 4.44 Å². The summed E-state index contributed by atoms with van der Waals surface area (Å²) < 4.78 is 13.1. The Hall–Kier alpha value is 3.95. The number of phosphoric acid groups is 1. The van der Waals surface area contributed by atoms with Crippen molar-refractivity contribution in [2.45, 2.75) is 0 Å². The molecule has 0 aliphatic carbocycles. The van der Waals surface area contributed by atoms with Crippen molar-refractivity contribution in [3.05, 3.63) is 0 Å². The summed E-state index contributed by atoms with van der Waals surface area (Å²) in [5.74, 6) is 0. The van der Waals surface area contributed by atoms with Crippen LogP contribution in [0.15, 0.2) is 0 Å². The summed E-state index contributed by atoms with van der Waals surface area (Å²) in [6.07, 6.45) is 0. The predicted molar refractivity (Wildman–Crippen MR) is 47.3 cm³/mol. The first-order valence-corrected chi connectivity index (χ1v) is 2.70. The van der Waals surface area contributed by atoms with Crippen LogP contribution in [-0.2, 0) is 9.01 Å². The van der Waals surface area contributed by atoms with E-state index in [1.165, 1.54) is 0 Å². The summed E-state index contributed by atoms with van der Waals surface area (Å²) in [5.41, 5.74) is 0. The summed E-state index contributed by atoms with van der Waals surface area (Å²) in [6, 6.07) is 0. The maximum atomic E-state index is 9.47. The van der Waals surface area contributed by atoms with Gasteiger partial charge in [0.1, 0.15) is 0 Å². The van der Waals surface area contributed by atoms with Crippen LogP contribution in [0.5, 0.6) is 0 Å². The number of hydrogen-bond donors (Lipinski definition) is 2. The van der Waals surface area contributed by atoms with Crippen molar-refractivity contribution in [2.24, 2.45) is 0 Å². The van der Waals surface area contributed by atoms with Crippen LogP contribution in [0.1, 0.15) is 0 Å². The van der Waals surface area contributed by atoms with Crippen LogP contribution >= 0.6 is 7.82 Å². The normalized spacial score (nSPS) is 7.78. The van der Waals surface area contributed by atoms with E-state index in [0.717, 1.165) is 8.05 Å². The van der Waals surface area contributed by atoms with E-state index in [4.69, 9.17) is 9.79 Å². The van der Waals surface area contributed by atoms with Gasteiger partial charge in [-0.15, -0.1) is 0 Å². The Balaban J connectivity index is -0.0000000417. The van der Waals surface area contributed by atoms with E-state index in [0.29, 0.717) is 0 Å². The van der Waals surface area contributed by atoms with Crippen LogP contribution in [0, 0.1) is 0 Å². The van der Waals surface area contributed by atoms with E-state index < -0.39 is 7.82 Å². The predicted octanol–water partition coefficient (Wildman–Crippen LogP) is -4.10. The number of rotatable bonds is 1. The van der Waals surface area contributed by atoms with Crippen molar-refractivity contribution in [2.75, 3.05) is 0 Å². The molecule has 0 heterocycles. The van der Waals surface area contributed by atoms with Crippen LogP contribution in [0.2, 0.25) is 0 Å². The van der Waals surface area contributed by atoms with Gasteiger partial charge in [-0.2, -0.15) is 0 Å². The Kier molecular flexibility index (Phi) is 30.7. The molecule has 0 aromatic carbocycles. The van der Waals surface area contributed by atoms with Gasteiger partial charge in [-0.3, -0.25) is 0 Å². The Morgan fingerprint density at radius 1 is 1.22 bits per heavy atom. The zero-order valence-electron chi connectivity index (χ0n) is 3.16. The Morgan fingerprint density at radius 3 is 1.33 bits per heavy atom. The summed E-state index contributed by atoms with van der Waals surface area (Å²) in [6.45, 7) is 0. The molecule has 0 atom stereocenters. The van der Waals surface area contributed by atoms with E-state index >= 15 is 0 Å². The molecule has 0 rings (SSSR count). The SMILES string of the molecule is BOP(=O)(O)O.[CaH2].[CaH2].[CaH2]. The number of hydrogen-bond acceptors (Lipinski definition) is 2. The summed E-state index contributed by atoms with van der Waals surface area (Å²) in [7, 11) is -3.20. The summed E-state index contributed by atoms with van der Waals surface area (Å²) in [5, 5.41) is 0. The Labute approximate surface area is 144 Å². The van der Waals surface area contributed by atoms with Crippen molar-refractivity contribution in [1.82, 2.24) is 0 Å². The molecule has 0 unspecified atom stereocenters. The Morgan fingerprint density at radius 2 is 1.33 bits per heavy atom. The first-order chi connectivity index (χ1) is 2.56. The Bertz CT molecular complexity index is 79.9. The third-order valence-corrected chi connectivity index (χ3v) is 0.714. The molecule has 4 nitrogen and oxygen atoms in total. The van der Waals surface area contributed by atoms with Crippen molar-refractivity contribution < 1.29 is 18.8 Å². The van der Waals surface area contributed by atoms with Gasteiger partial charge in [-0.25, -0.2) is 4.57 Å². The molecule has 0 saturated heterocycles. The molecule has 0 bridgehead atoms. The van der Waals surface area contributed by atoms with Crippen molar-refractivity contribution in [3.8, 4) is 0 Å². The third kappa shape index (κ3) is 24.5. The second kappa shape index (κ2) is 12.0. The van der Waals surface area contributed by atoms with Gasteiger partial charge in [0.2, 0.25) is 0 Å². The van der Waals surface area contributed by atoms with E-state index in [9.17, 15) is 4.57 Å². The van der Waals surface area contributed by atoms with E-state index in [1.807, 2.05) is 0 Å². The van der Waals surface area contributed by atoms with Gasteiger partial charge in [0.25, 0.3) is 8.05 Å². The molecule has 9 heteroatoms. The molecule has 0 aliphatic heterocycles. The maximum absolute atomic E-state index is 9.47. The quantitative estimate of drug-likeness (QED) is 0.359. The van der Waals surface area contributed by atoms with Gasteiger partial charge in [0.05, 0.1) is 0 Å². The summed E-state index contributed by atoms with van der Waals surface area (Å²) >= 11 is 0. The molecule has 9 heavy (non-hydrogen) atoms. The van der Waals surface area contributed by atoms with Crippen LogP contribution in [-0.4, -0.2) is 131 Å². The molecular formula is H10BCa3O4P. The molecule has 0 spiro atoms. The fraction of sp³-hybridized carbons (Fsp3) is 0. The minimum absolute atomic E-state index is 0. The molecule has 2 N–H and O–H groups in total. The summed E-state index contributed by atoms with van der Waals surface area (Å²) in [4.78, 5) is 15.4. The average Bonchev–Trinajstić information content (AvgIpc) is 1.35. The molecule has 0 aromatic rings. The van der Waals surface area contributed by atoms with Gasteiger partial charge in [0.15, 0.2) is 0 Å². The fourth-order valence-corrected chi connectivity index (χ4v) is 0. The second-order valence-electron chi connectivity index (χ2n) is 0.673. The molecule has 0 saturated carbocycles. The molecule has 0 fully saturated rings. The zero-order valence-corrected chi connectivity index (χ0v) is 4.05. The average molecular weight is 236 g/mol. The molecule has 0 aromatic heterocycles. The first-order valence-electron chi connectivity index (χ1n) is 1.17.